The molecule has 2 heteroatoms. The van der Waals surface area contributed by atoms with Gasteiger partial charge >= 0.3 is 0 Å². The number of aromatic hydroxyl groups is 1. The third-order valence-electron chi connectivity index (χ3n) is 1.21. The lowest BCUT2D eigenvalue weighted by Crippen LogP contribution is -1.74. The van der Waals surface area contributed by atoms with Crippen LogP contribution in [0.15, 0.2) is 18.2 Å². The van der Waals surface area contributed by atoms with Crippen molar-refractivity contribution in [2.75, 3.05) is 0 Å². The first-order chi connectivity index (χ1) is 5.91. The lowest BCUT2D eigenvalue weighted by atomic mass is 10.1. The molecule has 0 spiro atoms. The molecule has 0 saturated carbocycles. The monoisotopic (exact) mass is 180 g/mol. The van der Waals surface area contributed by atoms with Gasteiger partial charge in [0, 0.05) is 0 Å². The largest absolute Gasteiger partial charge is 0.508 e. The van der Waals surface area contributed by atoms with Crippen molar-refractivity contribution in [3.8, 4) is 5.75 Å². The van der Waals surface area contributed by atoms with Crippen molar-refractivity contribution in [3.05, 3.63) is 29.3 Å². The summed E-state index contributed by atoms with van der Waals surface area (Å²) in [6.45, 7) is 6.99. The summed E-state index contributed by atoms with van der Waals surface area (Å²) in [5.74, 6) is 0.521. The maximum atomic E-state index is 9.44. The normalized spacial score (nSPS) is 8.62. The van der Waals surface area contributed by atoms with Gasteiger partial charge in [0.15, 0.2) is 0 Å². The fourth-order valence-corrected chi connectivity index (χ4v) is 0.951. The van der Waals surface area contributed by atoms with Gasteiger partial charge in [0.25, 0.3) is 0 Å². The molecule has 0 fully saturated rings. The van der Waals surface area contributed by atoms with E-state index in [0.29, 0.717) is 5.75 Å². The highest BCUT2D eigenvalue weighted by molar-refractivity contribution is 5.72. The van der Waals surface area contributed by atoms with E-state index in [1.807, 2.05) is 19.9 Å². The van der Waals surface area contributed by atoms with Crippen molar-refractivity contribution in [3.63, 3.8) is 0 Å². The van der Waals surface area contributed by atoms with Crippen LogP contribution in [0.25, 0.3) is 0 Å². The van der Waals surface area contributed by atoms with Gasteiger partial charge in [0.1, 0.15) is 11.5 Å². The number of hydrogen-bond acceptors (Lipinski definition) is 2. The fraction of sp³-hybridized carbons (Fsp3) is 0.364. The van der Waals surface area contributed by atoms with Gasteiger partial charge in [-0.25, -0.2) is 0 Å². The minimum atomic E-state index is 0.167. The summed E-state index contributed by atoms with van der Waals surface area (Å²) in [6, 6.07) is 5.51. The molecular weight excluding hydrogens is 164 g/mol. The number of Topliss-reactive ketones (excluding diaryl/α,β-unsaturated/α-hetero) is 1. The number of aryl methyl sites for hydroxylation is 2. The lowest BCUT2D eigenvalue weighted by molar-refractivity contribution is -0.114. The highest BCUT2D eigenvalue weighted by atomic mass is 16.3. The first-order valence-corrected chi connectivity index (χ1v) is 4.16. The summed E-state index contributed by atoms with van der Waals surface area (Å²) in [7, 11) is 0. The Balaban J connectivity index is 0.000000310. The Morgan fingerprint density at radius 1 is 1.08 bits per heavy atom. The Kier molecular flexibility index (Phi) is 4.82. The summed E-state index contributed by atoms with van der Waals surface area (Å²) >= 11 is 0. The molecule has 1 aromatic carbocycles. The number of benzene rings is 1. The zero-order valence-corrected chi connectivity index (χ0v) is 8.59. The highest BCUT2D eigenvalue weighted by Crippen LogP contribution is 2.13. The molecule has 0 saturated heterocycles. The first kappa shape index (κ1) is 11.7. The van der Waals surface area contributed by atoms with Gasteiger partial charge in [-0.05, 0) is 51.0 Å². The van der Waals surface area contributed by atoms with E-state index in [9.17, 15) is 4.79 Å². The molecule has 0 radical (unpaired) electrons. The van der Waals surface area contributed by atoms with Crippen LogP contribution < -0.4 is 0 Å². The van der Waals surface area contributed by atoms with Crippen LogP contribution in [0.4, 0.5) is 0 Å². The molecule has 0 unspecified atom stereocenters. The predicted molar refractivity (Wildman–Crippen MR) is 53.9 cm³/mol. The summed E-state index contributed by atoms with van der Waals surface area (Å²) in [4.78, 5) is 9.44. The van der Waals surface area contributed by atoms with Gasteiger partial charge in [0.05, 0.1) is 0 Å². The maximum Gasteiger partial charge on any atom is 0.126 e. The van der Waals surface area contributed by atoms with Crippen LogP contribution in [0.3, 0.4) is 0 Å². The van der Waals surface area contributed by atoms with Crippen LogP contribution in [0.1, 0.15) is 25.0 Å². The molecule has 0 atom stereocenters. The van der Waals surface area contributed by atoms with Gasteiger partial charge in [-0.15, -0.1) is 0 Å². The first-order valence-electron chi connectivity index (χ1n) is 4.16. The smallest absolute Gasteiger partial charge is 0.126 e. The Bertz CT molecular complexity index is 236. The topological polar surface area (TPSA) is 37.3 Å². The van der Waals surface area contributed by atoms with E-state index in [1.165, 1.54) is 13.8 Å². The quantitative estimate of drug-likeness (QED) is 0.666. The Labute approximate surface area is 79.2 Å². The minimum Gasteiger partial charge on any atom is -0.508 e. The third-order valence-corrected chi connectivity index (χ3v) is 1.21. The maximum absolute atomic E-state index is 9.44. The van der Waals surface area contributed by atoms with Crippen LogP contribution in [-0.2, 0) is 4.79 Å². The number of carbonyl (C=O) groups excluding carboxylic acids is 1. The van der Waals surface area contributed by atoms with Crippen LogP contribution in [0, 0.1) is 13.8 Å². The van der Waals surface area contributed by atoms with Crippen molar-refractivity contribution in [2.24, 2.45) is 0 Å². The van der Waals surface area contributed by atoms with E-state index in [0.717, 1.165) is 11.1 Å². The highest BCUT2D eigenvalue weighted by Gasteiger charge is 1.89. The van der Waals surface area contributed by atoms with Crippen molar-refractivity contribution in [1.82, 2.24) is 0 Å². The minimum absolute atomic E-state index is 0.167. The molecule has 1 N–H and O–H groups in total. The van der Waals surface area contributed by atoms with Gasteiger partial charge in [-0.1, -0.05) is 6.07 Å². The average molecular weight is 180 g/mol. The number of phenolic OH excluding ortho intramolecular Hbond substituents is 1. The van der Waals surface area contributed by atoms with E-state index in [-0.39, 0.29) is 5.78 Å². The van der Waals surface area contributed by atoms with E-state index >= 15 is 0 Å². The Morgan fingerprint density at radius 3 is 1.62 bits per heavy atom. The molecular formula is C11H16O2. The average Bonchev–Trinajstić information content (AvgIpc) is 1.80. The molecule has 13 heavy (non-hydrogen) atoms. The number of ketones is 1. The van der Waals surface area contributed by atoms with E-state index in [1.54, 1.807) is 12.1 Å². The summed E-state index contributed by atoms with van der Waals surface area (Å²) < 4.78 is 0. The third kappa shape index (κ3) is 7.06. The molecule has 0 bridgehead atoms. The molecule has 0 aromatic heterocycles. The van der Waals surface area contributed by atoms with Gasteiger partial charge < -0.3 is 9.90 Å². The molecule has 0 aliphatic carbocycles. The second kappa shape index (κ2) is 5.36. The van der Waals surface area contributed by atoms with E-state index in [4.69, 9.17) is 5.11 Å². The van der Waals surface area contributed by atoms with E-state index < -0.39 is 0 Å². The van der Waals surface area contributed by atoms with Crippen LogP contribution >= 0.6 is 0 Å². The SMILES string of the molecule is CC(C)=O.Cc1cc(C)cc(O)c1. The van der Waals surface area contributed by atoms with Crippen molar-refractivity contribution < 1.29 is 9.90 Å². The van der Waals surface area contributed by atoms with E-state index in [2.05, 4.69) is 0 Å². The van der Waals surface area contributed by atoms with Crippen molar-refractivity contribution in [2.45, 2.75) is 27.7 Å². The van der Waals surface area contributed by atoms with Gasteiger partial charge in [0.2, 0.25) is 0 Å². The van der Waals surface area contributed by atoms with Crippen LogP contribution in [-0.4, -0.2) is 10.9 Å². The summed E-state index contributed by atoms with van der Waals surface area (Å²) in [5, 5.41) is 8.99. The summed E-state index contributed by atoms with van der Waals surface area (Å²) in [5.41, 5.74) is 2.21. The zero-order chi connectivity index (χ0) is 10.4. The molecule has 2 nitrogen and oxygen atoms in total. The molecule has 0 heterocycles. The van der Waals surface area contributed by atoms with Gasteiger partial charge in [-0.3, -0.25) is 0 Å². The molecule has 0 aliphatic heterocycles. The number of phenols is 1. The number of carbonyl (C=O) groups is 1. The van der Waals surface area contributed by atoms with Crippen molar-refractivity contribution in [1.29, 1.82) is 0 Å². The lowest BCUT2D eigenvalue weighted by Gasteiger charge is -1.95. The molecule has 1 aromatic rings. The molecule has 72 valence electrons. The second-order valence-corrected chi connectivity index (χ2v) is 3.25. The number of hydrogen-bond donors (Lipinski definition) is 1. The Hall–Kier alpha value is -1.31. The zero-order valence-electron chi connectivity index (χ0n) is 8.59. The van der Waals surface area contributed by atoms with Crippen molar-refractivity contribution >= 4 is 5.78 Å². The number of rotatable bonds is 0. The molecule has 1 rings (SSSR count). The predicted octanol–water partition coefficient (Wildman–Crippen LogP) is 2.60. The molecule has 0 amide bonds. The fourth-order valence-electron chi connectivity index (χ4n) is 0.951. The Morgan fingerprint density at radius 2 is 1.38 bits per heavy atom. The molecule has 0 aliphatic rings. The summed E-state index contributed by atoms with van der Waals surface area (Å²) in [6.07, 6.45) is 0. The second-order valence-electron chi connectivity index (χ2n) is 3.25. The van der Waals surface area contributed by atoms with Gasteiger partial charge in [-0.2, -0.15) is 0 Å². The standard InChI is InChI=1S/C8H10O.C3H6O/c1-6-3-7(2)5-8(9)4-6;1-3(2)4/h3-5,9H,1-2H3;1-2H3. The van der Waals surface area contributed by atoms with Crippen LogP contribution in [0.5, 0.6) is 5.75 Å². The van der Waals surface area contributed by atoms with Crippen LogP contribution in [0.2, 0.25) is 0 Å².